The molecular formula is C7H15N5O2. The first-order valence-electron chi connectivity index (χ1n) is 4.12. The van der Waals surface area contributed by atoms with Crippen LogP contribution in [0.25, 0.3) is 0 Å². The molecule has 0 aromatic rings. The van der Waals surface area contributed by atoms with Gasteiger partial charge in [0, 0.05) is 13.0 Å². The summed E-state index contributed by atoms with van der Waals surface area (Å²) in [6.07, 6.45) is 0.798. The van der Waals surface area contributed by atoms with E-state index in [9.17, 15) is 9.59 Å². The third-order valence-electron chi connectivity index (χ3n) is 1.32. The van der Waals surface area contributed by atoms with Gasteiger partial charge in [0.2, 0.25) is 11.8 Å². The summed E-state index contributed by atoms with van der Waals surface area (Å²) in [5.74, 6) is -0.806. The molecule has 0 heterocycles. The van der Waals surface area contributed by atoms with E-state index in [0.717, 1.165) is 0 Å². The van der Waals surface area contributed by atoms with E-state index in [1.807, 2.05) is 0 Å². The van der Waals surface area contributed by atoms with Crippen LogP contribution in [-0.2, 0) is 9.59 Å². The highest BCUT2D eigenvalue weighted by Gasteiger charge is 2.01. The Morgan fingerprint density at radius 3 is 2.36 bits per heavy atom. The fraction of sp³-hybridized carbons (Fsp3) is 0.571. The average Bonchev–Trinajstić information content (AvgIpc) is 2.08. The monoisotopic (exact) mass is 201 g/mol. The van der Waals surface area contributed by atoms with Crippen molar-refractivity contribution in [1.82, 2.24) is 5.32 Å². The van der Waals surface area contributed by atoms with Crippen LogP contribution in [-0.4, -0.2) is 30.9 Å². The summed E-state index contributed by atoms with van der Waals surface area (Å²) in [5.41, 5.74) is 15.0. The Morgan fingerprint density at radius 2 is 1.86 bits per heavy atom. The fourth-order valence-electron chi connectivity index (χ4n) is 0.722. The maximum atomic E-state index is 11.0. The van der Waals surface area contributed by atoms with Crippen LogP contribution in [0.1, 0.15) is 12.8 Å². The lowest BCUT2D eigenvalue weighted by molar-refractivity contribution is -0.124. The number of nitrogens with zero attached hydrogens (tertiary/aromatic N) is 1. The summed E-state index contributed by atoms with van der Waals surface area (Å²) in [6.45, 7) is 0.257. The van der Waals surface area contributed by atoms with E-state index >= 15 is 0 Å². The van der Waals surface area contributed by atoms with Gasteiger partial charge in [-0.3, -0.25) is 14.6 Å². The molecule has 0 saturated carbocycles. The molecule has 0 unspecified atom stereocenters. The van der Waals surface area contributed by atoms with Crippen LogP contribution in [0.15, 0.2) is 4.99 Å². The van der Waals surface area contributed by atoms with Crippen molar-refractivity contribution in [3.8, 4) is 0 Å². The van der Waals surface area contributed by atoms with E-state index < -0.39 is 5.91 Å². The van der Waals surface area contributed by atoms with Gasteiger partial charge in [-0.05, 0) is 6.42 Å². The van der Waals surface area contributed by atoms with Gasteiger partial charge >= 0.3 is 0 Å². The van der Waals surface area contributed by atoms with Crippen molar-refractivity contribution in [1.29, 1.82) is 0 Å². The van der Waals surface area contributed by atoms with Crippen molar-refractivity contribution < 1.29 is 9.59 Å². The molecule has 7 nitrogen and oxygen atoms in total. The standard InChI is InChI=1S/C7H15N5O2/c8-5(13)4-12-6(14)2-1-3-11-7(9)10/h1-4H2,(H2,8,13)(H,12,14)(H4,9,10,11). The zero-order valence-corrected chi connectivity index (χ0v) is 7.82. The van der Waals surface area contributed by atoms with Gasteiger partial charge in [-0.25, -0.2) is 0 Å². The summed E-state index contributed by atoms with van der Waals surface area (Å²) >= 11 is 0. The van der Waals surface area contributed by atoms with Gasteiger partial charge in [0.25, 0.3) is 0 Å². The van der Waals surface area contributed by atoms with Gasteiger partial charge in [-0.15, -0.1) is 0 Å². The molecule has 7 heteroatoms. The highest BCUT2D eigenvalue weighted by Crippen LogP contribution is 1.88. The SMILES string of the molecule is NC(=O)CNC(=O)CCCN=C(N)N. The van der Waals surface area contributed by atoms with Gasteiger partial charge in [0.1, 0.15) is 0 Å². The number of hydrogen-bond acceptors (Lipinski definition) is 3. The third kappa shape index (κ3) is 8.31. The second-order valence-electron chi connectivity index (χ2n) is 2.65. The number of aliphatic imine (C=N–C) groups is 1. The first kappa shape index (κ1) is 12.2. The molecule has 14 heavy (non-hydrogen) atoms. The van der Waals surface area contributed by atoms with E-state index in [1.54, 1.807) is 0 Å². The van der Waals surface area contributed by atoms with E-state index in [1.165, 1.54) is 0 Å². The lowest BCUT2D eigenvalue weighted by atomic mass is 10.3. The lowest BCUT2D eigenvalue weighted by Gasteiger charge is -2.00. The Labute approximate surface area is 81.7 Å². The van der Waals surface area contributed by atoms with Crippen molar-refractivity contribution in [2.75, 3.05) is 13.1 Å². The molecule has 0 aliphatic rings. The third-order valence-corrected chi connectivity index (χ3v) is 1.32. The van der Waals surface area contributed by atoms with Crippen molar-refractivity contribution in [2.24, 2.45) is 22.2 Å². The van der Waals surface area contributed by atoms with E-state index in [0.29, 0.717) is 13.0 Å². The molecule has 80 valence electrons. The van der Waals surface area contributed by atoms with Crippen LogP contribution in [0.5, 0.6) is 0 Å². The van der Waals surface area contributed by atoms with Crippen molar-refractivity contribution in [3.05, 3.63) is 0 Å². The van der Waals surface area contributed by atoms with Crippen LogP contribution in [0, 0.1) is 0 Å². The average molecular weight is 201 g/mol. The summed E-state index contributed by atoms with van der Waals surface area (Å²) in [6, 6.07) is 0. The molecule has 0 aliphatic carbocycles. The van der Waals surface area contributed by atoms with E-state index in [4.69, 9.17) is 17.2 Å². The Bertz CT molecular complexity index is 234. The second kappa shape index (κ2) is 6.70. The Morgan fingerprint density at radius 1 is 1.21 bits per heavy atom. The number of nitrogens with one attached hydrogen (secondary N) is 1. The molecule has 0 aromatic heterocycles. The van der Waals surface area contributed by atoms with Crippen LogP contribution in [0.2, 0.25) is 0 Å². The van der Waals surface area contributed by atoms with Gasteiger partial charge < -0.3 is 22.5 Å². The van der Waals surface area contributed by atoms with Crippen molar-refractivity contribution >= 4 is 17.8 Å². The maximum absolute atomic E-state index is 11.0. The molecule has 2 amide bonds. The van der Waals surface area contributed by atoms with Crippen molar-refractivity contribution in [3.63, 3.8) is 0 Å². The molecule has 0 saturated heterocycles. The fourth-order valence-corrected chi connectivity index (χ4v) is 0.722. The summed E-state index contributed by atoms with van der Waals surface area (Å²) in [4.78, 5) is 24.9. The number of carbonyl (C=O) groups is 2. The highest BCUT2D eigenvalue weighted by atomic mass is 16.2. The topological polar surface area (TPSA) is 137 Å². The first-order chi connectivity index (χ1) is 6.52. The summed E-state index contributed by atoms with van der Waals surface area (Å²) in [7, 11) is 0. The van der Waals surface area contributed by atoms with Crippen LogP contribution < -0.4 is 22.5 Å². The molecule has 0 spiro atoms. The van der Waals surface area contributed by atoms with Crippen LogP contribution in [0.4, 0.5) is 0 Å². The first-order valence-corrected chi connectivity index (χ1v) is 4.12. The molecule has 0 aliphatic heterocycles. The molecule has 0 atom stereocenters. The predicted octanol–water partition coefficient (Wildman–Crippen LogP) is -2.36. The number of rotatable bonds is 6. The van der Waals surface area contributed by atoms with E-state index in [2.05, 4.69) is 10.3 Å². The van der Waals surface area contributed by atoms with Crippen molar-refractivity contribution in [2.45, 2.75) is 12.8 Å². The second-order valence-corrected chi connectivity index (χ2v) is 2.65. The highest BCUT2D eigenvalue weighted by molar-refractivity contribution is 5.83. The zero-order valence-electron chi connectivity index (χ0n) is 7.82. The minimum Gasteiger partial charge on any atom is -0.370 e. The smallest absolute Gasteiger partial charge is 0.236 e. The quantitative estimate of drug-likeness (QED) is 0.217. The zero-order chi connectivity index (χ0) is 11.0. The maximum Gasteiger partial charge on any atom is 0.236 e. The number of carbonyl (C=O) groups excluding carboxylic acids is 2. The Kier molecular flexibility index (Phi) is 5.84. The van der Waals surface area contributed by atoms with Crippen LogP contribution in [0.3, 0.4) is 0 Å². The Balaban J connectivity index is 3.45. The van der Waals surface area contributed by atoms with E-state index in [-0.39, 0.29) is 24.8 Å². The summed E-state index contributed by atoms with van der Waals surface area (Å²) in [5, 5.41) is 2.35. The molecule has 0 fully saturated rings. The molecule has 0 radical (unpaired) electrons. The number of primary amides is 1. The molecule has 7 N–H and O–H groups in total. The minimum atomic E-state index is -0.567. The lowest BCUT2D eigenvalue weighted by Crippen LogP contribution is -2.33. The predicted molar refractivity (Wildman–Crippen MR) is 52.1 cm³/mol. The van der Waals surface area contributed by atoms with Gasteiger partial charge in [0.15, 0.2) is 5.96 Å². The number of guanidine groups is 1. The molecule has 0 bridgehead atoms. The minimum absolute atomic E-state index is 0.00236. The number of nitrogens with two attached hydrogens (primary N) is 3. The van der Waals surface area contributed by atoms with Gasteiger partial charge in [-0.1, -0.05) is 0 Å². The molecule has 0 rings (SSSR count). The molecular weight excluding hydrogens is 186 g/mol. The Hall–Kier alpha value is -1.79. The number of hydrogen-bond donors (Lipinski definition) is 4. The molecule has 0 aromatic carbocycles. The largest absolute Gasteiger partial charge is 0.370 e. The normalized spacial score (nSPS) is 9.14. The summed E-state index contributed by atoms with van der Waals surface area (Å²) < 4.78 is 0. The van der Waals surface area contributed by atoms with Gasteiger partial charge in [0.05, 0.1) is 6.54 Å². The van der Waals surface area contributed by atoms with Crippen LogP contribution >= 0.6 is 0 Å². The van der Waals surface area contributed by atoms with Gasteiger partial charge in [-0.2, -0.15) is 0 Å². The number of amides is 2.